The lowest BCUT2D eigenvalue weighted by atomic mass is 10.00. The van der Waals surface area contributed by atoms with E-state index in [0.717, 1.165) is 28.7 Å². The van der Waals surface area contributed by atoms with Gasteiger partial charge >= 0.3 is 0 Å². The van der Waals surface area contributed by atoms with Crippen LogP contribution < -0.4 is 5.32 Å². The number of hydrogen-bond acceptors (Lipinski definition) is 4. The molecule has 0 bridgehead atoms. The number of hydrogen-bond donors (Lipinski definition) is 1. The first-order valence-electron chi connectivity index (χ1n) is 7.02. The van der Waals surface area contributed by atoms with Gasteiger partial charge in [-0.2, -0.15) is 17.0 Å². The molecule has 2 rings (SSSR count). The fraction of sp³-hybridized carbons (Fsp3) is 0.692. The van der Waals surface area contributed by atoms with E-state index in [0.29, 0.717) is 25.6 Å². The van der Waals surface area contributed by atoms with Crippen LogP contribution in [-0.2, 0) is 16.8 Å². The normalized spacial score (nSPS) is 21.0. The van der Waals surface area contributed by atoms with Gasteiger partial charge in [0, 0.05) is 26.7 Å². The average Bonchev–Trinajstić information content (AvgIpc) is 2.85. The molecule has 8 heteroatoms. The minimum Gasteiger partial charge on any atom is -0.319 e. The van der Waals surface area contributed by atoms with Crippen molar-refractivity contribution in [1.82, 2.24) is 13.9 Å². The Bertz CT molecular complexity index is 560. The zero-order valence-corrected chi connectivity index (χ0v) is 15.6. The lowest BCUT2D eigenvalue weighted by Gasteiger charge is -2.34. The fourth-order valence-electron chi connectivity index (χ4n) is 2.66. The minimum absolute atomic E-state index is 0.405. The fourth-order valence-corrected chi connectivity index (χ4v) is 5.32. The summed E-state index contributed by atoms with van der Waals surface area (Å²) in [6.07, 6.45) is 2.03. The Morgan fingerprint density at radius 3 is 2.95 bits per heavy atom. The van der Waals surface area contributed by atoms with E-state index in [1.807, 2.05) is 18.5 Å². The van der Waals surface area contributed by atoms with Crippen molar-refractivity contribution in [1.29, 1.82) is 0 Å². The van der Waals surface area contributed by atoms with Crippen LogP contribution in [0.4, 0.5) is 0 Å². The topological polar surface area (TPSA) is 52.7 Å². The van der Waals surface area contributed by atoms with Crippen LogP contribution in [0.2, 0.25) is 0 Å². The molecule has 1 N–H and O–H groups in total. The molecule has 21 heavy (non-hydrogen) atoms. The largest absolute Gasteiger partial charge is 0.319 e. The van der Waals surface area contributed by atoms with Crippen molar-refractivity contribution in [2.45, 2.75) is 19.4 Å². The second-order valence-electron chi connectivity index (χ2n) is 5.45. The predicted octanol–water partition coefficient (Wildman–Crippen LogP) is 2.12. The Balaban J connectivity index is 2.02. The molecule has 0 saturated carbocycles. The number of nitrogens with one attached hydrogen (secondary N) is 1. The molecule has 2 heterocycles. The second kappa shape index (κ2) is 7.52. The maximum atomic E-state index is 12.7. The molecule has 1 aliphatic heterocycles. The average molecular weight is 396 g/mol. The van der Waals surface area contributed by atoms with Crippen LogP contribution in [0.1, 0.15) is 18.4 Å². The molecule has 1 unspecified atom stereocenters. The van der Waals surface area contributed by atoms with Gasteiger partial charge in [-0.05, 0) is 65.3 Å². The molecule has 1 fully saturated rings. The summed E-state index contributed by atoms with van der Waals surface area (Å²) in [5.74, 6) is 0.405. The Labute approximate surface area is 139 Å². The standard InChI is InChI=1S/C13H22BrN3O2S2/c1-15-7-11-4-3-5-17(9-11)21(18,19)16(2)8-12-6-13(14)20-10-12/h6,10-11,15H,3-5,7-9H2,1-2H3. The smallest absolute Gasteiger partial charge is 0.282 e. The third-order valence-corrected chi connectivity index (χ3v) is 7.18. The van der Waals surface area contributed by atoms with Crippen molar-refractivity contribution in [3.05, 3.63) is 20.8 Å². The molecule has 0 radical (unpaired) electrons. The molecule has 0 spiro atoms. The zero-order chi connectivity index (χ0) is 15.5. The summed E-state index contributed by atoms with van der Waals surface area (Å²) in [4.78, 5) is 0. The van der Waals surface area contributed by atoms with E-state index >= 15 is 0 Å². The molecule has 120 valence electrons. The highest BCUT2D eigenvalue weighted by atomic mass is 79.9. The SMILES string of the molecule is CNCC1CCCN(S(=O)(=O)N(C)Cc2csc(Br)c2)C1. The molecule has 0 aromatic carbocycles. The Morgan fingerprint density at radius 1 is 1.57 bits per heavy atom. The highest BCUT2D eigenvalue weighted by molar-refractivity contribution is 9.11. The molecule has 0 aliphatic carbocycles. The lowest BCUT2D eigenvalue weighted by molar-refractivity contribution is 0.248. The number of piperidine rings is 1. The van der Waals surface area contributed by atoms with E-state index in [2.05, 4.69) is 21.2 Å². The van der Waals surface area contributed by atoms with Gasteiger partial charge in [-0.15, -0.1) is 11.3 Å². The van der Waals surface area contributed by atoms with Gasteiger partial charge in [0.1, 0.15) is 0 Å². The summed E-state index contributed by atoms with van der Waals surface area (Å²) in [6, 6.07) is 1.97. The predicted molar refractivity (Wildman–Crippen MR) is 90.6 cm³/mol. The van der Waals surface area contributed by atoms with Gasteiger partial charge in [0.05, 0.1) is 3.79 Å². The van der Waals surface area contributed by atoms with Crippen molar-refractivity contribution >= 4 is 37.5 Å². The first kappa shape index (κ1) is 17.4. The third kappa shape index (κ3) is 4.49. The molecule has 5 nitrogen and oxygen atoms in total. The summed E-state index contributed by atoms with van der Waals surface area (Å²) >= 11 is 4.98. The number of rotatable bonds is 6. The van der Waals surface area contributed by atoms with Crippen LogP contribution in [0.5, 0.6) is 0 Å². The molecule has 1 atom stereocenters. The van der Waals surface area contributed by atoms with Crippen LogP contribution in [0.3, 0.4) is 0 Å². The summed E-state index contributed by atoms with van der Waals surface area (Å²) < 4.78 is 29.4. The Morgan fingerprint density at radius 2 is 2.33 bits per heavy atom. The summed E-state index contributed by atoms with van der Waals surface area (Å²) in [5.41, 5.74) is 1.02. The van der Waals surface area contributed by atoms with Gasteiger partial charge in [-0.3, -0.25) is 0 Å². The van der Waals surface area contributed by atoms with Gasteiger partial charge in [-0.25, -0.2) is 0 Å². The monoisotopic (exact) mass is 395 g/mol. The van der Waals surface area contributed by atoms with Crippen molar-refractivity contribution in [3.8, 4) is 0 Å². The molecular weight excluding hydrogens is 374 g/mol. The van der Waals surface area contributed by atoms with Gasteiger partial charge in [-0.1, -0.05) is 0 Å². The van der Waals surface area contributed by atoms with E-state index in [4.69, 9.17) is 0 Å². The van der Waals surface area contributed by atoms with Crippen LogP contribution in [-0.4, -0.2) is 50.8 Å². The lowest BCUT2D eigenvalue weighted by Crippen LogP contribution is -2.47. The minimum atomic E-state index is -3.37. The molecular formula is C13H22BrN3O2S2. The molecule has 1 aromatic heterocycles. The van der Waals surface area contributed by atoms with E-state index in [1.165, 1.54) is 4.31 Å². The van der Waals surface area contributed by atoms with Crippen molar-refractivity contribution < 1.29 is 8.42 Å². The van der Waals surface area contributed by atoms with E-state index < -0.39 is 10.2 Å². The third-order valence-electron chi connectivity index (χ3n) is 3.72. The van der Waals surface area contributed by atoms with Crippen LogP contribution in [0.25, 0.3) is 0 Å². The Hall–Kier alpha value is 0.01000. The highest BCUT2D eigenvalue weighted by Crippen LogP contribution is 2.24. The number of nitrogens with zero attached hydrogens (tertiary/aromatic N) is 2. The summed E-state index contributed by atoms with van der Waals surface area (Å²) in [6.45, 7) is 2.52. The first-order valence-corrected chi connectivity index (χ1v) is 10.1. The van der Waals surface area contributed by atoms with E-state index in [9.17, 15) is 8.42 Å². The summed E-state index contributed by atoms with van der Waals surface area (Å²) in [5, 5.41) is 5.12. The molecule has 1 aliphatic rings. The van der Waals surface area contributed by atoms with Gasteiger partial charge in [0.2, 0.25) is 0 Å². The zero-order valence-electron chi connectivity index (χ0n) is 12.4. The maximum Gasteiger partial charge on any atom is 0.282 e. The molecule has 1 aromatic rings. The van der Waals surface area contributed by atoms with Gasteiger partial charge in [0.15, 0.2) is 0 Å². The van der Waals surface area contributed by atoms with E-state index in [1.54, 1.807) is 22.7 Å². The van der Waals surface area contributed by atoms with Crippen molar-refractivity contribution in [3.63, 3.8) is 0 Å². The quantitative estimate of drug-likeness (QED) is 0.802. The Kier molecular flexibility index (Phi) is 6.22. The summed E-state index contributed by atoms with van der Waals surface area (Å²) in [7, 11) is 0.192. The van der Waals surface area contributed by atoms with Gasteiger partial charge < -0.3 is 5.32 Å². The first-order chi connectivity index (χ1) is 9.93. The maximum absolute atomic E-state index is 12.7. The van der Waals surface area contributed by atoms with E-state index in [-0.39, 0.29) is 0 Å². The van der Waals surface area contributed by atoms with Crippen molar-refractivity contribution in [2.75, 3.05) is 33.7 Å². The molecule has 0 amide bonds. The second-order valence-corrected chi connectivity index (χ2v) is 9.77. The molecule has 1 saturated heterocycles. The van der Waals surface area contributed by atoms with Crippen molar-refractivity contribution in [2.24, 2.45) is 5.92 Å². The van der Waals surface area contributed by atoms with Gasteiger partial charge in [0.25, 0.3) is 10.2 Å². The van der Waals surface area contributed by atoms with Crippen LogP contribution >= 0.6 is 27.3 Å². The number of thiophene rings is 1. The highest BCUT2D eigenvalue weighted by Gasteiger charge is 2.31. The van der Waals surface area contributed by atoms with Crippen LogP contribution in [0.15, 0.2) is 15.2 Å². The van der Waals surface area contributed by atoms with Crippen LogP contribution in [0, 0.1) is 5.92 Å². The number of halogens is 1.